The Labute approximate surface area is 120 Å². The third-order valence-corrected chi connectivity index (χ3v) is 2.32. The van der Waals surface area contributed by atoms with Crippen molar-refractivity contribution in [1.82, 2.24) is 5.32 Å². The number of hydrogen-bond acceptors (Lipinski definition) is 3. The summed E-state index contributed by atoms with van der Waals surface area (Å²) in [6.07, 6.45) is 2.97. The Morgan fingerprint density at radius 3 is 2.50 bits per heavy atom. The Hall–Kier alpha value is -1.97. The van der Waals surface area contributed by atoms with Crippen molar-refractivity contribution >= 4 is 6.09 Å². The van der Waals surface area contributed by atoms with Gasteiger partial charge in [0.05, 0.1) is 6.26 Å². The fraction of sp³-hybridized carbons (Fsp3) is 0.438. The van der Waals surface area contributed by atoms with Gasteiger partial charge < -0.3 is 9.47 Å². The van der Waals surface area contributed by atoms with Gasteiger partial charge in [-0.05, 0) is 33.3 Å². The molecule has 0 bridgehead atoms. The van der Waals surface area contributed by atoms with Crippen LogP contribution >= 0.6 is 0 Å². The number of ether oxygens (including phenoxy) is 2. The maximum absolute atomic E-state index is 11.8. The van der Waals surface area contributed by atoms with Gasteiger partial charge in [-0.2, -0.15) is 0 Å². The molecule has 1 unspecified atom stereocenters. The summed E-state index contributed by atoms with van der Waals surface area (Å²) < 4.78 is 10.7. The largest absolute Gasteiger partial charge is 0.478 e. The molecule has 4 nitrogen and oxygen atoms in total. The summed E-state index contributed by atoms with van der Waals surface area (Å²) in [6, 6.07) is 9.84. The van der Waals surface area contributed by atoms with Crippen LogP contribution < -0.4 is 5.32 Å². The Morgan fingerprint density at radius 2 is 1.95 bits per heavy atom. The van der Waals surface area contributed by atoms with Crippen LogP contribution in [0.15, 0.2) is 42.7 Å². The number of carbonyl (C=O) groups is 1. The van der Waals surface area contributed by atoms with Crippen LogP contribution in [0.1, 0.15) is 33.3 Å². The summed E-state index contributed by atoms with van der Waals surface area (Å²) in [5.74, 6) is 0. The van der Waals surface area contributed by atoms with E-state index in [-0.39, 0.29) is 0 Å². The average molecular weight is 277 g/mol. The molecule has 0 radical (unpaired) electrons. The van der Waals surface area contributed by atoms with Crippen molar-refractivity contribution in [1.29, 1.82) is 0 Å². The fourth-order valence-corrected chi connectivity index (χ4v) is 1.57. The first-order valence-corrected chi connectivity index (χ1v) is 6.71. The first-order chi connectivity index (χ1) is 9.40. The first kappa shape index (κ1) is 16.1. The summed E-state index contributed by atoms with van der Waals surface area (Å²) >= 11 is 0. The first-order valence-electron chi connectivity index (χ1n) is 6.71. The maximum Gasteiger partial charge on any atom is 0.410 e. The lowest BCUT2D eigenvalue weighted by molar-refractivity contribution is 0.0325. The lowest BCUT2D eigenvalue weighted by Crippen LogP contribution is -2.41. The third kappa shape index (κ3) is 6.83. The molecule has 0 fully saturated rings. The molecule has 20 heavy (non-hydrogen) atoms. The van der Waals surface area contributed by atoms with E-state index in [9.17, 15) is 4.79 Å². The second kappa shape index (κ2) is 7.58. The van der Waals surface area contributed by atoms with Crippen LogP contribution in [0.3, 0.4) is 0 Å². The lowest BCUT2D eigenvalue weighted by Gasteiger charge is -2.23. The molecule has 1 amide bonds. The number of benzene rings is 1. The van der Waals surface area contributed by atoms with Gasteiger partial charge in [0.25, 0.3) is 0 Å². The number of hydrogen-bond donors (Lipinski definition) is 1. The van der Waals surface area contributed by atoms with E-state index in [1.165, 1.54) is 0 Å². The highest BCUT2D eigenvalue weighted by Crippen LogP contribution is 2.09. The van der Waals surface area contributed by atoms with Gasteiger partial charge in [-0.15, -0.1) is 0 Å². The van der Waals surface area contributed by atoms with Crippen molar-refractivity contribution in [3.63, 3.8) is 0 Å². The minimum Gasteiger partial charge on any atom is -0.478 e. The quantitative estimate of drug-likeness (QED) is 0.660. The molecule has 1 atom stereocenters. The normalized spacial score (nSPS) is 13.0. The zero-order valence-corrected chi connectivity index (χ0v) is 12.6. The maximum atomic E-state index is 11.8. The van der Waals surface area contributed by atoms with E-state index in [0.29, 0.717) is 6.42 Å². The highest BCUT2D eigenvalue weighted by molar-refractivity contribution is 5.67. The van der Waals surface area contributed by atoms with E-state index in [1.807, 2.05) is 58.0 Å². The van der Waals surface area contributed by atoms with E-state index in [0.717, 1.165) is 5.56 Å². The van der Waals surface area contributed by atoms with Gasteiger partial charge in [0.15, 0.2) is 6.23 Å². The Morgan fingerprint density at radius 1 is 1.30 bits per heavy atom. The zero-order chi connectivity index (χ0) is 15.0. The van der Waals surface area contributed by atoms with Crippen LogP contribution in [0.25, 0.3) is 0 Å². The molecule has 0 aliphatic carbocycles. The lowest BCUT2D eigenvalue weighted by atomic mass is 10.1. The molecule has 0 aliphatic heterocycles. The number of amides is 1. The monoisotopic (exact) mass is 277 g/mol. The minimum absolute atomic E-state index is 0.455. The van der Waals surface area contributed by atoms with Crippen LogP contribution in [0.5, 0.6) is 0 Å². The number of alkyl carbamates (subject to hydrolysis) is 1. The fourth-order valence-electron chi connectivity index (χ4n) is 1.57. The molecule has 0 saturated carbocycles. The van der Waals surface area contributed by atoms with Crippen molar-refractivity contribution in [2.45, 2.75) is 45.9 Å². The van der Waals surface area contributed by atoms with Crippen LogP contribution in [0, 0.1) is 0 Å². The van der Waals surface area contributed by atoms with E-state index in [2.05, 4.69) is 5.32 Å². The van der Waals surface area contributed by atoms with Gasteiger partial charge in [-0.1, -0.05) is 36.4 Å². The highest BCUT2D eigenvalue weighted by Gasteiger charge is 2.19. The SMILES string of the molecule is C/C=C/OC(Cc1ccccc1)NC(=O)OC(C)(C)C. The van der Waals surface area contributed by atoms with E-state index < -0.39 is 17.9 Å². The van der Waals surface area contributed by atoms with Gasteiger partial charge in [0.2, 0.25) is 0 Å². The van der Waals surface area contributed by atoms with Crippen LogP contribution in [-0.4, -0.2) is 17.9 Å². The molecule has 0 spiro atoms. The smallest absolute Gasteiger partial charge is 0.410 e. The van der Waals surface area contributed by atoms with Crippen molar-refractivity contribution in [3.05, 3.63) is 48.2 Å². The molecule has 1 rings (SSSR count). The molecular weight excluding hydrogens is 254 g/mol. The average Bonchev–Trinajstić information content (AvgIpc) is 2.35. The Bertz CT molecular complexity index is 435. The molecule has 0 aromatic heterocycles. The second-order valence-electron chi connectivity index (χ2n) is 5.43. The van der Waals surface area contributed by atoms with Crippen LogP contribution in [0.2, 0.25) is 0 Å². The Kier molecular flexibility index (Phi) is 6.10. The number of carbonyl (C=O) groups excluding carboxylic acids is 1. The van der Waals surface area contributed by atoms with Gasteiger partial charge >= 0.3 is 6.09 Å². The standard InChI is InChI=1S/C16H23NO3/c1-5-11-19-14(12-13-9-7-6-8-10-13)17-15(18)20-16(2,3)4/h5-11,14H,12H2,1-4H3,(H,17,18)/b11-5+. The van der Waals surface area contributed by atoms with E-state index in [1.54, 1.807) is 12.3 Å². The van der Waals surface area contributed by atoms with Gasteiger partial charge in [0.1, 0.15) is 5.60 Å². The summed E-state index contributed by atoms with van der Waals surface area (Å²) in [7, 11) is 0. The van der Waals surface area contributed by atoms with Crippen molar-refractivity contribution in [2.24, 2.45) is 0 Å². The molecule has 0 aliphatic rings. The van der Waals surface area contributed by atoms with Crippen molar-refractivity contribution in [3.8, 4) is 0 Å². The second-order valence-corrected chi connectivity index (χ2v) is 5.43. The Balaban J connectivity index is 2.62. The van der Waals surface area contributed by atoms with Gasteiger partial charge in [-0.3, -0.25) is 5.32 Å². The summed E-state index contributed by atoms with van der Waals surface area (Å²) in [6.45, 7) is 7.33. The number of rotatable bonds is 5. The van der Waals surface area contributed by atoms with Crippen LogP contribution in [0.4, 0.5) is 4.79 Å². The molecular formula is C16H23NO3. The molecule has 1 aromatic carbocycles. The van der Waals surface area contributed by atoms with Gasteiger partial charge in [0, 0.05) is 6.42 Å². The van der Waals surface area contributed by atoms with Crippen LogP contribution in [-0.2, 0) is 15.9 Å². The zero-order valence-electron chi connectivity index (χ0n) is 12.6. The predicted molar refractivity (Wildman–Crippen MR) is 79.2 cm³/mol. The third-order valence-electron chi connectivity index (χ3n) is 2.32. The minimum atomic E-state index is -0.526. The molecule has 4 heteroatoms. The summed E-state index contributed by atoms with van der Waals surface area (Å²) in [5, 5.41) is 2.72. The molecule has 0 heterocycles. The van der Waals surface area contributed by atoms with Crippen molar-refractivity contribution < 1.29 is 14.3 Å². The molecule has 0 saturated heterocycles. The van der Waals surface area contributed by atoms with E-state index >= 15 is 0 Å². The highest BCUT2D eigenvalue weighted by atomic mass is 16.6. The number of nitrogens with one attached hydrogen (secondary N) is 1. The number of allylic oxidation sites excluding steroid dienone is 1. The summed E-state index contributed by atoms with van der Waals surface area (Å²) in [5.41, 5.74) is 0.556. The predicted octanol–water partition coefficient (Wildman–Crippen LogP) is 3.63. The van der Waals surface area contributed by atoms with Gasteiger partial charge in [-0.25, -0.2) is 4.79 Å². The van der Waals surface area contributed by atoms with Crippen molar-refractivity contribution in [2.75, 3.05) is 0 Å². The summed E-state index contributed by atoms with van der Waals surface area (Å²) in [4.78, 5) is 11.8. The molecule has 1 N–H and O–H groups in total. The molecule has 1 aromatic rings. The van der Waals surface area contributed by atoms with E-state index in [4.69, 9.17) is 9.47 Å². The topological polar surface area (TPSA) is 47.6 Å². The molecule has 110 valence electrons.